The van der Waals surface area contributed by atoms with Crippen molar-refractivity contribution in [3.63, 3.8) is 0 Å². The third-order valence-corrected chi connectivity index (χ3v) is 4.28. The van der Waals surface area contributed by atoms with E-state index in [1.54, 1.807) is 0 Å². The normalized spacial score (nSPS) is 11.7. The van der Waals surface area contributed by atoms with Gasteiger partial charge in [0.05, 0.1) is 13.5 Å². The van der Waals surface area contributed by atoms with Crippen LogP contribution in [0.25, 0.3) is 10.8 Å². The molecule has 0 unspecified atom stereocenters. The van der Waals surface area contributed by atoms with Crippen LogP contribution >= 0.6 is 0 Å². The summed E-state index contributed by atoms with van der Waals surface area (Å²) in [6.45, 7) is 0. The minimum Gasteiger partial charge on any atom is -0.467 e. The molecule has 26 heavy (non-hydrogen) atoms. The molecule has 0 aromatic heterocycles. The van der Waals surface area contributed by atoms with Crippen LogP contribution in [-0.4, -0.2) is 25.0 Å². The van der Waals surface area contributed by atoms with Crippen LogP contribution in [0, 0.1) is 0 Å². The van der Waals surface area contributed by atoms with Gasteiger partial charge in [-0.1, -0.05) is 72.8 Å². The summed E-state index contributed by atoms with van der Waals surface area (Å²) in [5.41, 5.74) is 1.87. The molecule has 0 fully saturated rings. The van der Waals surface area contributed by atoms with Gasteiger partial charge in [-0.05, 0) is 21.9 Å². The van der Waals surface area contributed by atoms with Crippen molar-refractivity contribution < 1.29 is 14.3 Å². The number of benzene rings is 3. The fourth-order valence-corrected chi connectivity index (χ4v) is 2.96. The van der Waals surface area contributed by atoms with E-state index in [1.165, 1.54) is 7.11 Å². The van der Waals surface area contributed by atoms with Crippen molar-refractivity contribution in [2.45, 2.75) is 18.9 Å². The van der Waals surface area contributed by atoms with Gasteiger partial charge in [0.25, 0.3) is 0 Å². The van der Waals surface area contributed by atoms with Crippen molar-refractivity contribution >= 4 is 22.6 Å². The minimum atomic E-state index is -0.711. The Hall–Kier alpha value is -3.14. The molecule has 0 aliphatic heterocycles. The quantitative estimate of drug-likeness (QED) is 0.696. The summed E-state index contributed by atoms with van der Waals surface area (Å²) in [5.74, 6) is -0.646. The maximum atomic E-state index is 12.3. The number of hydrogen-bond acceptors (Lipinski definition) is 3. The molecule has 0 bridgehead atoms. The van der Waals surface area contributed by atoms with E-state index in [0.717, 1.165) is 21.9 Å². The smallest absolute Gasteiger partial charge is 0.328 e. The number of carbonyl (C=O) groups excluding carboxylic acids is 2. The predicted octanol–water partition coefficient (Wildman–Crippen LogP) is 3.28. The maximum Gasteiger partial charge on any atom is 0.328 e. The number of hydrogen-bond donors (Lipinski definition) is 1. The van der Waals surface area contributed by atoms with Crippen molar-refractivity contribution in [3.8, 4) is 0 Å². The van der Waals surface area contributed by atoms with E-state index in [4.69, 9.17) is 4.74 Å². The van der Waals surface area contributed by atoms with Gasteiger partial charge in [0.15, 0.2) is 0 Å². The predicted molar refractivity (Wildman–Crippen MR) is 102 cm³/mol. The Bertz CT molecular complexity index is 905. The van der Waals surface area contributed by atoms with E-state index in [0.29, 0.717) is 6.42 Å². The lowest BCUT2D eigenvalue weighted by molar-refractivity contribution is -0.145. The molecule has 1 N–H and O–H groups in total. The maximum absolute atomic E-state index is 12.3. The zero-order valence-corrected chi connectivity index (χ0v) is 14.6. The molecule has 0 spiro atoms. The lowest BCUT2D eigenvalue weighted by atomic mass is 10.0. The molecular weight excluding hydrogens is 326 g/mol. The number of methoxy groups -OCH3 is 1. The molecule has 3 aromatic rings. The molecule has 3 rings (SSSR count). The summed E-state index contributed by atoms with van der Waals surface area (Å²) in [6.07, 6.45) is 0.615. The molecule has 132 valence electrons. The van der Waals surface area contributed by atoms with E-state index in [2.05, 4.69) is 5.32 Å². The van der Waals surface area contributed by atoms with Crippen LogP contribution < -0.4 is 5.32 Å². The molecule has 1 amide bonds. The van der Waals surface area contributed by atoms with Gasteiger partial charge in [-0.15, -0.1) is 0 Å². The van der Waals surface area contributed by atoms with Crippen LogP contribution in [0.3, 0.4) is 0 Å². The third-order valence-electron chi connectivity index (χ3n) is 4.28. The van der Waals surface area contributed by atoms with Gasteiger partial charge in [-0.3, -0.25) is 4.79 Å². The standard InChI is InChI=1S/C22H21NO3/c1-26-22(25)20(23-21(24)15-16-7-3-2-4-8-16)14-17-11-12-18-9-5-6-10-19(18)13-17/h2-13,20H,14-15H2,1H3,(H,23,24)/t20-/m1/s1. The molecule has 0 saturated carbocycles. The fourth-order valence-electron chi connectivity index (χ4n) is 2.96. The zero-order valence-electron chi connectivity index (χ0n) is 14.6. The van der Waals surface area contributed by atoms with E-state index < -0.39 is 12.0 Å². The third kappa shape index (κ3) is 4.48. The fraction of sp³-hybridized carbons (Fsp3) is 0.182. The average Bonchev–Trinajstić information content (AvgIpc) is 2.67. The minimum absolute atomic E-state index is 0.201. The van der Waals surface area contributed by atoms with E-state index >= 15 is 0 Å². The highest BCUT2D eigenvalue weighted by Crippen LogP contribution is 2.17. The highest BCUT2D eigenvalue weighted by Gasteiger charge is 2.22. The molecule has 3 aromatic carbocycles. The van der Waals surface area contributed by atoms with Gasteiger partial charge in [0.2, 0.25) is 5.91 Å². The van der Waals surface area contributed by atoms with Gasteiger partial charge in [-0.2, -0.15) is 0 Å². The van der Waals surface area contributed by atoms with Crippen LogP contribution in [0.2, 0.25) is 0 Å². The molecule has 0 aliphatic carbocycles. The Labute approximate surface area is 152 Å². The topological polar surface area (TPSA) is 55.4 Å². The van der Waals surface area contributed by atoms with Gasteiger partial charge in [0, 0.05) is 6.42 Å². The van der Waals surface area contributed by atoms with Crippen LogP contribution in [0.1, 0.15) is 11.1 Å². The van der Waals surface area contributed by atoms with Crippen molar-refractivity contribution in [2.75, 3.05) is 7.11 Å². The van der Waals surface area contributed by atoms with E-state index in [-0.39, 0.29) is 12.3 Å². The van der Waals surface area contributed by atoms with Crippen LogP contribution in [0.5, 0.6) is 0 Å². The number of carbonyl (C=O) groups is 2. The van der Waals surface area contributed by atoms with E-state index in [9.17, 15) is 9.59 Å². The monoisotopic (exact) mass is 347 g/mol. The summed E-state index contributed by atoms with van der Waals surface area (Å²) < 4.78 is 4.87. The van der Waals surface area contributed by atoms with Gasteiger partial charge < -0.3 is 10.1 Å². The summed E-state index contributed by atoms with van der Waals surface area (Å²) in [4.78, 5) is 24.5. The Morgan fingerprint density at radius 1 is 0.885 bits per heavy atom. The summed E-state index contributed by atoms with van der Waals surface area (Å²) in [6, 6.07) is 22.8. The second-order valence-corrected chi connectivity index (χ2v) is 6.19. The number of ether oxygens (including phenoxy) is 1. The highest BCUT2D eigenvalue weighted by atomic mass is 16.5. The largest absolute Gasteiger partial charge is 0.467 e. The molecule has 1 atom stereocenters. The number of amides is 1. The molecule has 4 nitrogen and oxygen atoms in total. The second kappa shape index (κ2) is 8.30. The Balaban J connectivity index is 1.72. The molecule has 0 radical (unpaired) electrons. The number of esters is 1. The first-order valence-corrected chi connectivity index (χ1v) is 8.54. The molecule has 0 heterocycles. The first kappa shape index (κ1) is 17.7. The molecule has 0 aliphatic rings. The van der Waals surface area contributed by atoms with Crippen LogP contribution in [-0.2, 0) is 27.2 Å². The van der Waals surface area contributed by atoms with Crippen LogP contribution in [0.4, 0.5) is 0 Å². The Kier molecular flexibility index (Phi) is 5.64. The summed E-state index contributed by atoms with van der Waals surface area (Å²) in [5, 5.41) is 5.04. The van der Waals surface area contributed by atoms with Crippen molar-refractivity contribution in [1.29, 1.82) is 0 Å². The SMILES string of the molecule is COC(=O)[C@@H](Cc1ccc2ccccc2c1)NC(=O)Cc1ccccc1. The number of nitrogens with one attached hydrogen (secondary N) is 1. The van der Waals surface area contributed by atoms with Crippen molar-refractivity contribution in [2.24, 2.45) is 0 Å². The second-order valence-electron chi connectivity index (χ2n) is 6.19. The van der Waals surface area contributed by atoms with Crippen molar-refractivity contribution in [3.05, 3.63) is 83.9 Å². The lowest BCUT2D eigenvalue weighted by Gasteiger charge is -2.17. The van der Waals surface area contributed by atoms with Crippen LogP contribution in [0.15, 0.2) is 72.8 Å². The Morgan fingerprint density at radius 3 is 2.31 bits per heavy atom. The first-order chi connectivity index (χ1) is 12.7. The number of fused-ring (bicyclic) bond motifs is 1. The van der Waals surface area contributed by atoms with E-state index in [1.807, 2.05) is 72.8 Å². The first-order valence-electron chi connectivity index (χ1n) is 8.54. The summed E-state index contributed by atoms with van der Waals surface area (Å²) in [7, 11) is 1.33. The van der Waals surface area contributed by atoms with Gasteiger partial charge in [-0.25, -0.2) is 4.79 Å². The number of rotatable bonds is 6. The lowest BCUT2D eigenvalue weighted by Crippen LogP contribution is -2.43. The van der Waals surface area contributed by atoms with Crippen molar-refractivity contribution in [1.82, 2.24) is 5.32 Å². The molecule has 0 saturated heterocycles. The molecular formula is C22H21NO3. The van der Waals surface area contributed by atoms with Gasteiger partial charge in [0.1, 0.15) is 6.04 Å². The Morgan fingerprint density at radius 2 is 1.58 bits per heavy atom. The summed E-state index contributed by atoms with van der Waals surface area (Å²) >= 11 is 0. The zero-order chi connectivity index (χ0) is 18.4. The highest BCUT2D eigenvalue weighted by molar-refractivity contribution is 5.86. The van der Waals surface area contributed by atoms with Gasteiger partial charge >= 0.3 is 5.97 Å². The molecule has 4 heteroatoms. The average molecular weight is 347 g/mol.